The minimum atomic E-state index is -0.590. The van der Waals surface area contributed by atoms with E-state index in [1.54, 1.807) is 0 Å². The second-order valence-electron chi connectivity index (χ2n) is 4.13. The van der Waals surface area contributed by atoms with Gasteiger partial charge < -0.3 is 15.2 Å². The van der Waals surface area contributed by atoms with E-state index in [1.165, 1.54) is 12.1 Å². The lowest BCUT2D eigenvalue weighted by Gasteiger charge is -2.28. The SMILES string of the molecule is NC(Cc1cc(F)cc(F)c1)C1COCCO1. The molecule has 2 unspecified atom stereocenters. The van der Waals surface area contributed by atoms with Crippen molar-refractivity contribution in [1.82, 2.24) is 0 Å². The molecule has 0 spiro atoms. The van der Waals surface area contributed by atoms with Gasteiger partial charge in [-0.15, -0.1) is 0 Å². The lowest BCUT2D eigenvalue weighted by atomic mass is 10.0. The zero-order chi connectivity index (χ0) is 12.3. The summed E-state index contributed by atoms with van der Waals surface area (Å²) < 4.78 is 36.6. The van der Waals surface area contributed by atoms with Crippen molar-refractivity contribution in [3.05, 3.63) is 35.4 Å². The Bertz CT molecular complexity index is 361. The summed E-state index contributed by atoms with van der Waals surface area (Å²) in [4.78, 5) is 0. The zero-order valence-electron chi connectivity index (χ0n) is 9.36. The highest BCUT2D eigenvalue weighted by atomic mass is 19.1. The molecule has 1 saturated heterocycles. The van der Waals surface area contributed by atoms with Gasteiger partial charge in [-0.1, -0.05) is 0 Å². The van der Waals surface area contributed by atoms with E-state index in [4.69, 9.17) is 15.2 Å². The van der Waals surface area contributed by atoms with E-state index in [0.717, 1.165) is 6.07 Å². The fourth-order valence-electron chi connectivity index (χ4n) is 1.89. The van der Waals surface area contributed by atoms with Crippen molar-refractivity contribution in [2.24, 2.45) is 5.73 Å². The molecule has 1 heterocycles. The van der Waals surface area contributed by atoms with E-state index in [-0.39, 0.29) is 12.1 Å². The van der Waals surface area contributed by atoms with Crippen LogP contribution in [0.2, 0.25) is 0 Å². The summed E-state index contributed by atoms with van der Waals surface area (Å²) >= 11 is 0. The first-order valence-corrected chi connectivity index (χ1v) is 5.55. The molecule has 1 aromatic carbocycles. The number of ether oxygens (including phenoxy) is 2. The monoisotopic (exact) mass is 243 g/mol. The predicted octanol–water partition coefficient (Wildman–Crippen LogP) is 1.25. The summed E-state index contributed by atoms with van der Waals surface area (Å²) in [6.07, 6.45) is 0.151. The van der Waals surface area contributed by atoms with E-state index < -0.39 is 11.6 Å². The smallest absolute Gasteiger partial charge is 0.126 e. The minimum absolute atomic E-state index is 0.213. The van der Waals surface area contributed by atoms with Gasteiger partial charge in [0.2, 0.25) is 0 Å². The maximum absolute atomic E-state index is 13.0. The lowest BCUT2D eigenvalue weighted by Crippen LogP contribution is -2.44. The van der Waals surface area contributed by atoms with Crippen molar-refractivity contribution in [2.75, 3.05) is 19.8 Å². The van der Waals surface area contributed by atoms with Crippen molar-refractivity contribution >= 4 is 0 Å². The molecule has 94 valence electrons. The molecule has 0 amide bonds. The Morgan fingerprint density at radius 2 is 1.94 bits per heavy atom. The van der Waals surface area contributed by atoms with Crippen LogP contribution in [0.5, 0.6) is 0 Å². The first kappa shape index (κ1) is 12.4. The van der Waals surface area contributed by atoms with Crippen LogP contribution in [-0.2, 0) is 15.9 Å². The topological polar surface area (TPSA) is 44.5 Å². The molecule has 0 aromatic heterocycles. The van der Waals surface area contributed by atoms with E-state index in [1.807, 2.05) is 0 Å². The Labute approximate surface area is 98.5 Å². The third-order valence-electron chi connectivity index (χ3n) is 2.71. The van der Waals surface area contributed by atoms with Crippen LogP contribution in [0.15, 0.2) is 18.2 Å². The Hall–Kier alpha value is -1.04. The van der Waals surface area contributed by atoms with Gasteiger partial charge in [-0.3, -0.25) is 0 Å². The summed E-state index contributed by atoms with van der Waals surface area (Å²) in [6.45, 7) is 1.51. The van der Waals surface area contributed by atoms with Crippen molar-refractivity contribution < 1.29 is 18.3 Å². The summed E-state index contributed by atoms with van der Waals surface area (Å²) in [5.41, 5.74) is 6.46. The van der Waals surface area contributed by atoms with E-state index in [2.05, 4.69) is 0 Å². The van der Waals surface area contributed by atoms with Crippen molar-refractivity contribution in [1.29, 1.82) is 0 Å². The number of halogens is 2. The molecule has 0 aliphatic carbocycles. The molecule has 5 heteroatoms. The molecule has 17 heavy (non-hydrogen) atoms. The van der Waals surface area contributed by atoms with Crippen molar-refractivity contribution in [2.45, 2.75) is 18.6 Å². The average molecular weight is 243 g/mol. The van der Waals surface area contributed by atoms with Crippen LogP contribution >= 0.6 is 0 Å². The van der Waals surface area contributed by atoms with Gasteiger partial charge in [0.15, 0.2) is 0 Å². The van der Waals surface area contributed by atoms with Crippen LogP contribution in [0.3, 0.4) is 0 Å². The van der Waals surface area contributed by atoms with Crippen LogP contribution in [0.25, 0.3) is 0 Å². The summed E-state index contributed by atoms with van der Waals surface area (Å²) in [7, 11) is 0. The quantitative estimate of drug-likeness (QED) is 0.869. The molecule has 1 aromatic rings. The number of hydrogen-bond donors (Lipinski definition) is 1. The van der Waals surface area contributed by atoms with Crippen LogP contribution < -0.4 is 5.73 Å². The molecule has 1 aliphatic heterocycles. The van der Waals surface area contributed by atoms with Crippen LogP contribution in [0.4, 0.5) is 8.78 Å². The first-order valence-electron chi connectivity index (χ1n) is 5.55. The molecule has 2 atom stereocenters. The van der Waals surface area contributed by atoms with Gasteiger partial charge in [0.05, 0.1) is 25.9 Å². The molecule has 1 aliphatic rings. The molecule has 1 fully saturated rings. The molecular weight excluding hydrogens is 228 g/mol. The van der Waals surface area contributed by atoms with Crippen LogP contribution in [0.1, 0.15) is 5.56 Å². The Morgan fingerprint density at radius 3 is 2.53 bits per heavy atom. The largest absolute Gasteiger partial charge is 0.376 e. The highest BCUT2D eigenvalue weighted by molar-refractivity contribution is 5.19. The van der Waals surface area contributed by atoms with Crippen LogP contribution in [-0.4, -0.2) is 32.0 Å². The number of hydrogen-bond acceptors (Lipinski definition) is 3. The first-order chi connectivity index (χ1) is 8.15. The van der Waals surface area contributed by atoms with Crippen molar-refractivity contribution in [3.63, 3.8) is 0 Å². The Kier molecular flexibility index (Phi) is 4.04. The second kappa shape index (κ2) is 5.53. The minimum Gasteiger partial charge on any atom is -0.376 e. The lowest BCUT2D eigenvalue weighted by molar-refractivity contribution is -0.0967. The normalized spacial score (nSPS) is 22.4. The molecule has 3 nitrogen and oxygen atoms in total. The molecule has 0 saturated carbocycles. The maximum atomic E-state index is 13.0. The Morgan fingerprint density at radius 1 is 1.24 bits per heavy atom. The second-order valence-corrected chi connectivity index (χ2v) is 4.13. The Balaban J connectivity index is 1.99. The van der Waals surface area contributed by atoms with Gasteiger partial charge in [0, 0.05) is 12.1 Å². The summed E-state index contributed by atoms with van der Waals surface area (Å²) in [5, 5.41) is 0. The van der Waals surface area contributed by atoms with E-state index in [0.29, 0.717) is 31.8 Å². The highest BCUT2D eigenvalue weighted by Gasteiger charge is 2.22. The fourth-order valence-corrected chi connectivity index (χ4v) is 1.89. The van der Waals surface area contributed by atoms with Gasteiger partial charge in [-0.25, -0.2) is 8.78 Å². The van der Waals surface area contributed by atoms with E-state index in [9.17, 15) is 8.78 Å². The summed E-state index contributed by atoms with van der Waals surface area (Å²) in [6, 6.07) is 3.09. The van der Waals surface area contributed by atoms with Crippen molar-refractivity contribution in [3.8, 4) is 0 Å². The standard InChI is InChI=1S/C12H15F2NO2/c13-9-3-8(4-10(14)6-9)5-11(15)12-7-16-1-2-17-12/h3-4,6,11-12H,1-2,5,7,15H2. The third kappa shape index (κ3) is 3.46. The molecular formula is C12H15F2NO2. The number of nitrogens with two attached hydrogens (primary N) is 1. The van der Waals surface area contributed by atoms with Gasteiger partial charge in [-0.2, -0.15) is 0 Å². The fraction of sp³-hybridized carbons (Fsp3) is 0.500. The molecule has 2 N–H and O–H groups in total. The zero-order valence-corrected chi connectivity index (χ0v) is 9.36. The predicted molar refractivity (Wildman–Crippen MR) is 58.6 cm³/mol. The van der Waals surface area contributed by atoms with Gasteiger partial charge in [0.1, 0.15) is 11.6 Å². The number of benzene rings is 1. The summed E-state index contributed by atoms with van der Waals surface area (Å²) in [5.74, 6) is -1.18. The molecule has 0 bridgehead atoms. The third-order valence-corrected chi connectivity index (χ3v) is 2.71. The highest BCUT2D eigenvalue weighted by Crippen LogP contribution is 2.13. The molecule has 2 rings (SSSR count). The molecule has 0 radical (unpaired) electrons. The van der Waals surface area contributed by atoms with Gasteiger partial charge >= 0.3 is 0 Å². The average Bonchev–Trinajstić information content (AvgIpc) is 2.28. The van der Waals surface area contributed by atoms with Crippen LogP contribution in [0, 0.1) is 11.6 Å². The number of rotatable bonds is 3. The van der Waals surface area contributed by atoms with E-state index >= 15 is 0 Å². The van der Waals surface area contributed by atoms with Gasteiger partial charge in [-0.05, 0) is 24.1 Å². The maximum Gasteiger partial charge on any atom is 0.126 e. The van der Waals surface area contributed by atoms with Gasteiger partial charge in [0.25, 0.3) is 0 Å².